The number of halogens is 1. The number of rotatable bonds is 7. The Bertz CT molecular complexity index is 864. The van der Waals surface area contributed by atoms with Crippen molar-refractivity contribution in [1.29, 1.82) is 0 Å². The van der Waals surface area contributed by atoms with Crippen molar-refractivity contribution in [2.45, 2.75) is 18.9 Å². The Hall–Kier alpha value is -2.25. The Morgan fingerprint density at radius 3 is 2.21 bits per heavy atom. The number of methoxy groups -OCH3 is 3. The number of ether oxygens (including phenoxy) is 3. The number of piperidine rings is 1. The van der Waals surface area contributed by atoms with Crippen LogP contribution in [0.4, 0.5) is 0 Å². The molecule has 0 aliphatic carbocycles. The van der Waals surface area contributed by atoms with Crippen LogP contribution >= 0.6 is 15.9 Å². The summed E-state index contributed by atoms with van der Waals surface area (Å²) in [6.07, 6.45) is 1.23. The van der Waals surface area contributed by atoms with Gasteiger partial charge in [-0.25, -0.2) is 0 Å². The second-order valence-electron chi connectivity index (χ2n) is 7.00. The van der Waals surface area contributed by atoms with Crippen molar-refractivity contribution < 1.29 is 24.1 Å². The summed E-state index contributed by atoms with van der Waals surface area (Å²) in [6, 6.07) is 11.8. The number of likely N-dealkylation sites (tertiary alicyclic amines) is 1. The summed E-state index contributed by atoms with van der Waals surface area (Å²) in [7, 11) is 4.81. The van der Waals surface area contributed by atoms with E-state index in [0.717, 1.165) is 15.6 Å². The third-order valence-electron chi connectivity index (χ3n) is 5.47. The number of aliphatic carboxylic acids is 1. The molecule has 0 aromatic heterocycles. The van der Waals surface area contributed by atoms with Crippen molar-refractivity contribution in [2.24, 2.45) is 5.92 Å². The minimum absolute atomic E-state index is 0.116. The summed E-state index contributed by atoms with van der Waals surface area (Å²) < 4.78 is 17.8. The Labute approximate surface area is 179 Å². The van der Waals surface area contributed by atoms with Gasteiger partial charge in [0.2, 0.25) is 5.75 Å². The van der Waals surface area contributed by atoms with Gasteiger partial charge in [0.05, 0.1) is 33.3 Å². The molecule has 1 saturated heterocycles. The van der Waals surface area contributed by atoms with Crippen LogP contribution in [0.15, 0.2) is 40.9 Å². The highest BCUT2D eigenvalue weighted by molar-refractivity contribution is 9.10. The topological polar surface area (TPSA) is 68.2 Å². The fraction of sp³-hybridized carbons (Fsp3) is 0.409. The quantitative estimate of drug-likeness (QED) is 0.657. The minimum atomic E-state index is -0.717. The van der Waals surface area contributed by atoms with E-state index in [4.69, 9.17) is 14.2 Å². The Kier molecular flexibility index (Phi) is 7.03. The van der Waals surface area contributed by atoms with Crippen molar-refractivity contribution in [3.8, 4) is 17.2 Å². The Balaban J connectivity index is 2.10. The van der Waals surface area contributed by atoms with E-state index in [9.17, 15) is 9.90 Å². The molecule has 1 heterocycles. The average Bonchev–Trinajstić information content (AvgIpc) is 2.75. The summed E-state index contributed by atoms with van der Waals surface area (Å²) in [5.41, 5.74) is 2.04. The fourth-order valence-corrected chi connectivity index (χ4v) is 4.50. The normalized spacial score (nSPS) is 16.3. The van der Waals surface area contributed by atoms with Gasteiger partial charge in [-0.3, -0.25) is 9.69 Å². The molecular formula is C22H26BrNO5. The van der Waals surface area contributed by atoms with Gasteiger partial charge in [0.25, 0.3) is 0 Å². The monoisotopic (exact) mass is 463 g/mol. The minimum Gasteiger partial charge on any atom is -0.493 e. The molecule has 1 atom stereocenters. The molecule has 29 heavy (non-hydrogen) atoms. The standard InChI is InChI=1S/C22H26BrNO5/c1-27-18-9-8-16(20(28-2)21(18)29-3)19(15-6-4-5-7-17(15)23)24-12-10-14(11-13-24)22(25)26/h4-9,14,19H,10-13H2,1-3H3,(H,25,26). The number of benzene rings is 2. The van der Waals surface area contributed by atoms with Crippen LogP contribution in [0.3, 0.4) is 0 Å². The molecule has 6 nitrogen and oxygen atoms in total. The van der Waals surface area contributed by atoms with Crippen LogP contribution in [-0.2, 0) is 4.79 Å². The molecule has 156 valence electrons. The van der Waals surface area contributed by atoms with Crippen molar-refractivity contribution in [2.75, 3.05) is 34.4 Å². The van der Waals surface area contributed by atoms with E-state index in [2.05, 4.69) is 26.9 Å². The summed E-state index contributed by atoms with van der Waals surface area (Å²) in [4.78, 5) is 13.7. The maximum absolute atomic E-state index is 11.4. The summed E-state index contributed by atoms with van der Waals surface area (Å²) in [5, 5.41) is 9.37. The molecule has 0 saturated carbocycles. The molecule has 1 fully saturated rings. The Morgan fingerprint density at radius 2 is 1.66 bits per heavy atom. The third-order valence-corrected chi connectivity index (χ3v) is 6.20. The predicted molar refractivity (Wildman–Crippen MR) is 114 cm³/mol. The maximum Gasteiger partial charge on any atom is 0.306 e. The van der Waals surface area contributed by atoms with Crippen LogP contribution in [0, 0.1) is 5.92 Å². The van der Waals surface area contributed by atoms with Gasteiger partial charge < -0.3 is 19.3 Å². The first-order valence-electron chi connectivity index (χ1n) is 9.52. The number of carboxylic acid groups (broad SMARTS) is 1. The van der Waals surface area contributed by atoms with Crippen molar-refractivity contribution in [1.82, 2.24) is 4.90 Å². The molecule has 1 unspecified atom stereocenters. The predicted octanol–water partition coefficient (Wildman–Crippen LogP) is 4.36. The largest absolute Gasteiger partial charge is 0.493 e. The zero-order valence-corrected chi connectivity index (χ0v) is 18.4. The van der Waals surface area contributed by atoms with Crippen molar-refractivity contribution in [3.63, 3.8) is 0 Å². The molecule has 7 heteroatoms. The highest BCUT2D eigenvalue weighted by Gasteiger charge is 2.33. The van der Waals surface area contributed by atoms with Crippen LogP contribution in [-0.4, -0.2) is 50.4 Å². The fourth-order valence-electron chi connectivity index (χ4n) is 4.00. The first-order chi connectivity index (χ1) is 14.0. The van der Waals surface area contributed by atoms with E-state index >= 15 is 0 Å². The van der Waals surface area contributed by atoms with Gasteiger partial charge in [0.1, 0.15) is 0 Å². The second-order valence-corrected chi connectivity index (χ2v) is 7.85. The average molecular weight is 464 g/mol. The molecule has 2 aromatic rings. The van der Waals surface area contributed by atoms with E-state index < -0.39 is 5.97 Å². The van der Waals surface area contributed by atoms with Gasteiger partial charge in [-0.05, 0) is 49.7 Å². The molecule has 0 bridgehead atoms. The SMILES string of the molecule is COc1ccc(C(c2ccccc2Br)N2CCC(C(=O)O)CC2)c(OC)c1OC. The third kappa shape index (κ3) is 4.36. The lowest BCUT2D eigenvalue weighted by molar-refractivity contribution is -0.143. The molecule has 1 N–H and O–H groups in total. The van der Waals surface area contributed by atoms with E-state index in [1.54, 1.807) is 21.3 Å². The van der Waals surface area contributed by atoms with Gasteiger partial charge in [0, 0.05) is 10.0 Å². The first-order valence-corrected chi connectivity index (χ1v) is 10.3. The number of carboxylic acids is 1. The van der Waals surface area contributed by atoms with Gasteiger partial charge in [0.15, 0.2) is 11.5 Å². The van der Waals surface area contributed by atoms with E-state index in [0.29, 0.717) is 43.2 Å². The molecule has 3 rings (SSSR count). The van der Waals surface area contributed by atoms with Gasteiger partial charge in [-0.15, -0.1) is 0 Å². The molecule has 2 aromatic carbocycles. The number of hydrogen-bond donors (Lipinski definition) is 1. The van der Waals surface area contributed by atoms with Crippen LogP contribution < -0.4 is 14.2 Å². The number of hydrogen-bond acceptors (Lipinski definition) is 5. The number of carbonyl (C=O) groups is 1. The lowest BCUT2D eigenvalue weighted by Gasteiger charge is -2.38. The van der Waals surface area contributed by atoms with E-state index in [1.807, 2.05) is 30.3 Å². The van der Waals surface area contributed by atoms with Crippen molar-refractivity contribution in [3.05, 3.63) is 52.0 Å². The zero-order chi connectivity index (χ0) is 21.0. The van der Waals surface area contributed by atoms with Gasteiger partial charge in [-0.2, -0.15) is 0 Å². The summed E-state index contributed by atoms with van der Waals surface area (Å²) in [6.45, 7) is 1.36. The molecule has 1 aliphatic rings. The highest BCUT2D eigenvalue weighted by Crippen LogP contribution is 2.46. The second kappa shape index (κ2) is 9.50. The van der Waals surface area contributed by atoms with Gasteiger partial charge >= 0.3 is 5.97 Å². The zero-order valence-electron chi connectivity index (χ0n) is 16.9. The van der Waals surface area contributed by atoms with Crippen LogP contribution in [0.25, 0.3) is 0 Å². The molecular weight excluding hydrogens is 438 g/mol. The van der Waals surface area contributed by atoms with E-state index in [1.165, 1.54) is 0 Å². The van der Waals surface area contributed by atoms with Crippen LogP contribution in [0.2, 0.25) is 0 Å². The van der Waals surface area contributed by atoms with Crippen LogP contribution in [0.5, 0.6) is 17.2 Å². The highest BCUT2D eigenvalue weighted by atomic mass is 79.9. The van der Waals surface area contributed by atoms with Crippen molar-refractivity contribution >= 4 is 21.9 Å². The van der Waals surface area contributed by atoms with Gasteiger partial charge in [-0.1, -0.05) is 34.1 Å². The summed E-state index contributed by atoms with van der Waals surface area (Å²) in [5.74, 6) is 0.755. The number of nitrogens with zero attached hydrogens (tertiary/aromatic N) is 1. The summed E-state index contributed by atoms with van der Waals surface area (Å²) >= 11 is 3.69. The molecule has 0 amide bonds. The molecule has 0 spiro atoms. The molecule has 0 radical (unpaired) electrons. The lowest BCUT2D eigenvalue weighted by atomic mass is 9.90. The Morgan fingerprint density at radius 1 is 1.00 bits per heavy atom. The van der Waals surface area contributed by atoms with E-state index in [-0.39, 0.29) is 12.0 Å². The smallest absolute Gasteiger partial charge is 0.306 e. The van der Waals surface area contributed by atoms with Crippen LogP contribution in [0.1, 0.15) is 30.0 Å². The lowest BCUT2D eigenvalue weighted by Crippen LogP contribution is -2.39. The maximum atomic E-state index is 11.4. The first kappa shape index (κ1) is 21.5. The molecule has 1 aliphatic heterocycles.